The third kappa shape index (κ3) is 7.49. The van der Waals surface area contributed by atoms with Crippen molar-refractivity contribution in [3.8, 4) is 0 Å². The molecule has 5 rings (SSSR count). The van der Waals surface area contributed by atoms with Gasteiger partial charge in [0.15, 0.2) is 0 Å². The Morgan fingerprint density at radius 3 is 2.44 bits per heavy atom. The largest absolute Gasteiger partial charge is 0.445 e. The number of fused-ring (bicyclic) bond motifs is 3. The van der Waals surface area contributed by atoms with Crippen LogP contribution in [0.2, 0.25) is 0 Å². The number of H-pyrrole nitrogens is 1. The van der Waals surface area contributed by atoms with Gasteiger partial charge in [-0.2, -0.15) is 0 Å². The fourth-order valence-electron chi connectivity index (χ4n) is 6.72. The molecular weight excluding hydrogens is 570 g/mol. The summed E-state index contributed by atoms with van der Waals surface area (Å²) < 4.78 is 5.44. The van der Waals surface area contributed by atoms with Crippen LogP contribution in [0.4, 0.5) is 4.79 Å². The average molecular weight is 616 g/mol. The average Bonchev–Trinajstić information content (AvgIpc) is 3.43. The van der Waals surface area contributed by atoms with Crippen LogP contribution < -0.4 is 21.7 Å². The fraction of sp³-hybridized carbons (Fsp3) is 0.486. The smallest absolute Gasteiger partial charge is 0.408 e. The number of carbonyl (C=O) groups excluding carboxylic acids is 4. The molecule has 0 radical (unpaired) electrons. The highest BCUT2D eigenvalue weighted by Crippen LogP contribution is 2.35. The van der Waals surface area contributed by atoms with Gasteiger partial charge in [-0.05, 0) is 67.6 Å². The van der Waals surface area contributed by atoms with E-state index < -0.39 is 23.6 Å². The molecule has 0 aliphatic heterocycles. The third-order valence-electron chi connectivity index (χ3n) is 9.76. The van der Waals surface area contributed by atoms with E-state index in [2.05, 4.69) is 20.9 Å². The van der Waals surface area contributed by atoms with Gasteiger partial charge in [0.05, 0.1) is 0 Å². The van der Waals surface area contributed by atoms with Crippen molar-refractivity contribution in [2.45, 2.75) is 83.4 Å². The van der Waals surface area contributed by atoms with Gasteiger partial charge in [0, 0.05) is 35.5 Å². The molecular formula is C35H45N5O5. The maximum absolute atomic E-state index is 14.2. The zero-order chi connectivity index (χ0) is 32.0. The molecule has 3 atom stereocenters. The molecule has 240 valence electrons. The third-order valence-corrected chi connectivity index (χ3v) is 9.76. The van der Waals surface area contributed by atoms with E-state index in [1.54, 1.807) is 0 Å². The summed E-state index contributed by atoms with van der Waals surface area (Å²) in [6, 6.07) is 16.4. The predicted molar refractivity (Wildman–Crippen MR) is 172 cm³/mol. The first-order chi connectivity index (χ1) is 21.7. The second-order valence-electron chi connectivity index (χ2n) is 12.8. The summed E-state index contributed by atoms with van der Waals surface area (Å²) in [6.07, 6.45) is 4.33. The van der Waals surface area contributed by atoms with Crippen molar-refractivity contribution in [2.75, 3.05) is 6.54 Å². The van der Waals surface area contributed by atoms with Crippen LogP contribution in [0, 0.1) is 17.8 Å². The topological polar surface area (TPSA) is 155 Å². The Kier molecular flexibility index (Phi) is 10.1. The van der Waals surface area contributed by atoms with Crippen molar-refractivity contribution >= 4 is 34.7 Å². The minimum absolute atomic E-state index is 0.0819. The second-order valence-corrected chi connectivity index (χ2v) is 12.8. The first-order valence-corrected chi connectivity index (χ1v) is 16.1. The lowest BCUT2D eigenvalue weighted by atomic mass is 9.78. The molecule has 2 aliphatic rings. The van der Waals surface area contributed by atoms with Crippen LogP contribution >= 0.6 is 0 Å². The molecule has 0 saturated heterocycles. The Hall–Kier alpha value is -4.34. The van der Waals surface area contributed by atoms with Gasteiger partial charge in [-0.1, -0.05) is 68.8 Å². The quantitative estimate of drug-likeness (QED) is 0.218. The lowest BCUT2D eigenvalue weighted by Gasteiger charge is -2.39. The van der Waals surface area contributed by atoms with Crippen LogP contribution in [0.25, 0.3) is 10.9 Å². The van der Waals surface area contributed by atoms with E-state index in [1.165, 1.54) is 0 Å². The summed E-state index contributed by atoms with van der Waals surface area (Å²) in [7, 11) is 0. The van der Waals surface area contributed by atoms with Crippen molar-refractivity contribution in [3.63, 3.8) is 0 Å². The number of para-hydroxylation sites is 1. The molecule has 10 nitrogen and oxygen atoms in total. The number of primary amides is 1. The Balaban J connectivity index is 1.33. The lowest BCUT2D eigenvalue weighted by Crippen LogP contribution is -2.65. The Labute approximate surface area is 264 Å². The van der Waals surface area contributed by atoms with E-state index >= 15 is 0 Å². The number of nitrogens with two attached hydrogens (primary N) is 1. The minimum atomic E-state index is -1.21. The summed E-state index contributed by atoms with van der Waals surface area (Å²) in [5, 5.41) is 10.1. The molecule has 0 bridgehead atoms. The van der Waals surface area contributed by atoms with Gasteiger partial charge in [-0.3, -0.25) is 14.4 Å². The van der Waals surface area contributed by atoms with E-state index in [0.717, 1.165) is 53.4 Å². The van der Waals surface area contributed by atoms with E-state index in [9.17, 15) is 19.2 Å². The molecule has 2 aliphatic carbocycles. The maximum Gasteiger partial charge on any atom is 0.408 e. The van der Waals surface area contributed by atoms with Crippen LogP contribution in [-0.2, 0) is 38.6 Å². The molecule has 1 fully saturated rings. The molecule has 0 spiro atoms. The van der Waals surface area contributed by atoms with Gasteiger partial charge < -0.3 is 31.4 Å². The highest BCUT2D eigenvalue weighted by Gasteiger charge is 2.45. The highest BCUT2D eigenvalue weighted by molar-refractivity contribution is 5.96. The van der Waals surface area contributed by atoms with Crippen molar-refractivity contribution < 1.29 is 23.9 Å². The van der Waals surface area contributed by atoms with E-state index in [1.807, 2.05) is 68.4 Å². The monoisotopic (exact) mass is 615 g/mol. The molecule has 6 N–H and O–H groups in total. The number of hydrogen-bond donors (Lipinski definition) is 5. The van der Waals surface area contributed by atoms with Gasteiger partial charge in [0.25, 0.3) is 0 Å². The van der Waals surface area contributed by atoms with Crippen molar-refractivity contribution in [2.24, 2.45) is 23.5 Å². The number of alkyl carbamates (subject to hydrolysis) is 1. The molecule has 1 aromatic heterocycles. The van der Waals surface area contributed by atoms with Gasteiger partial charge in [0.1, 0.15) is 18.2 Å². The van der Waals surface area contributed by atoms with Gasteiger partial charge in [-0.25, -0.2) is 4.79 Å². The first-order valence-electron chi connectivity index (χ1n) is 16.1. The maximum atomic E-state index is 14.2. The summed E-state index contributed by atoms with van der Waals surface area (Å²) in [5.74, 6) is -0.991. The molecule has 4 amide bonds. The van der Waals surface area contributed by atoms with Crippen LogP contribution in [0.1, 0.15) is 69.2 Å². The minimum Gasteiger partial charge on any atom is -0.445 e. The normalized spacial score (nSPS) is 22.4. The number of nitrogens with one attached hydrogen (secondary N) is 4. The Bertz CT molecular complexity index is 1510. The van der Waals surface area contributed by atoms with Gasteiger partial charge >= 0.3 is 6.09 Å². The van der Waals surface area contributed by atoms with Gasteiger partial charge in [0.2, 0.25) is 17.7 Å². The number of amides is 4. The lowest BCUT2D eigenvalue weighted by molar-refractivity contribution is -0.135. The number of rotatable bonds is 11. The van der Waals surface area contributed by atoms with Crippen LogP contribution in [0.15, 0.2) is 54.6 Å². The first kappa shape index (κ1) is 32.1. The molecule has 2 aromatic carbocycles. The summed E-state index contributed by atoms with van der Waals surface area (Å²) in [5.41, 5.74) is 8.23. The van der Waals surface area contributed by atoms with Crippen molar-refractivity contribution in [3.05, 3.63) is 71.4 Å². The number of benzene rings is 2. The fourth-order valence-corrected chi connectivity index (χ4v) is 6.72. The molecule has 3 aromatic rings. The highest BCUT2D eigenvalue weighted by atomic mass is 16.5. The SMILES string of the molecule is CC[C@H](C)[C@H](NC(=O)OCc1ccccc1)C(=O)N[C@@]1(C(=O)NCC2CCC(C(N)=O)CC2)CCc2[nH]c3ccccc3c2C1. The molecule has 0 unspecified atom stereocenters. The molecule has 1 heterocycles. The number of hydrogen-bond acceptors (Lipinski definition) is 5. The Morgan fingerprint density at radius 2 is 1.73 bits per heavy atom. The zero-order valence-electron chi connectivity index (χ0n) is 26.2. The summed E-state index contributed by atoms with van der Waals surface area (Å²) in [6.45, 7) is 4.39. The number of aromatic amines is 1. The van der Waals surface area contributed by atoms with Crippen molar-refractivity contribution in [1.29, 1.82) is 0 Å². The number of ether oxygens (including phenoxy) is 1. The van der Waals surface area contributed by atoms with Gasteiger partial charge in [-0.15, -0.1) is 0 Å². The molecule has 1 saturated carbocycles. The van der Waals surface area contributed by atoms with E-state index in [4.69, 9.17) is 10.5 Å². The molecule has 10 heteroatoms. The predicted octanol–water partition coefficient (Wildman–Crippen LogP) is 4.26. The van der Waals surface area contributed by atoms with Crippen LogP contribution in [0.5, 0.6) is 0 Å². The van der Waals surface area contributed by atoms with Crippen LogP contribution in [-0.4, -0.2) is 46.9 Å². The standard InChI is InChI=1S/C35H45N5O5/c1-3-22(2)30(39-34(44)45-21-24-9-5-4-6-10-24)32(42)40-35(33(43)37-20-23-13-15-25(16-14-23)31(36)41)18-17-29-27(19-35)26-11-7-8-12-28(26)38-29/h4-12,22-23,25,30,38H,3,13-21H2,1-2H3,(H2,36,41)(H,37,43)(H,39,44)(H,40,42)/t22-,23?,25?,30-,35-/m0/s1. The Morgan fingerprint density at radius 1 is 1.02 bits per heavy atom. The summed E-state index contributed by atoms with van der Waals surface area (Å²) >= 11 is 0. The van der Waals surface area contributed by atoms with E-state index in [-0.39, 0.29) is 36.2 Å². The zero-order valence-corrected chi connectivity index (χ0v) is 26.2. The van der Waals surface area contributed by atoms with E-state index in [0.29, 0.717) is 32.2 Å². The molecule has 45 heavy (non-hydrogen) atoms. The summed E-state index contributed by atoms with van der Waals surface area (Å²) in [4.78, 5) is 56.2. The number of carbonyl (C=O) groups is 4. The second kappa shape index (κ2) is 14.2. The number of aryl methyl sites for hydroxylation is 1. The number of aromatic nitrogens is 1. The van der Waals surface area contributed by atoms with Crippen LogP contribution in [0.3, 0.4) is 0 Å². The van der Waals surface area contributed by atoms with Crippen molar-refractivity contribution in [1.82, 2.24) is 20.9 Å².